The quantitative estimate of drug-likeness (QED) is 0.918. The van der Waals surface area contributed by atoms with Crippen molar-refractivity contribution in [3.63, 3.8) is 0 Å². The predicted molar refractivity (Wildman–Crippen MR) is 76.1 cm³/mol. The minimum Gasteiger partial charge on any atom is -0.380 e. The summed E-state index contributed by atoms with van der Waals surface area (Å²) in [5, 5.41) is 3.20. The number of benzene rings is 1. The van der Waals surface area contributed by atoms with E-state index in [1.165, 1.54) is 0 Å². The molecule has 0 aromatic heterocycles. The van der Waals surface area contributed by atoms with Crippen LogP contribution in [0.3, 0.4) is 0 Å². The topological polar surface area (TPSA) is 55.4 Å². The van der Waals surface area contributed by atoms with Gasteiger partial charge in [-0.15, -0.1) is 0 Å². The van der Waals surface area contributed by atoms with Crippen LogP contribution >= 0.6 is 11.6 Å². The fourth-order valence-electron chi connectivity index (χ4n) is 2.32. The SMILES string of the molecule is CNC1CCOCC1S(=O)(=O)Cc1ccc(Cl)cc1. The molecule has 0 spiro atoms. The lowest BCUT2D eigenvalue weighted by molar-refractivity contribution is 0.0825. The molecule has 1 heterocycles. The first-order valence-electron chi connectivity index (χ1n) is 6.24. The highest BCUT2D eigenvalue weighted by Gasteiger charge is 2.35. The Morgan fingerprint density at radius 3 is 2.68 bits per heavy atom. The van der Waals surface area contributed by atoms with Gasteiger partial charge in [-0.2, -0.15) is 0 Å². The molecule has 0 aliphatic carbocycles. The summed E-state index contributed by atoms with van der Waals surface area (Å²) in [7, 11) is -1.45. The molecular formula is C13H18ClNO3S. The van der Waals surface area contributed by atoms with Crippen molar-refractivity contribution in [3.05, 3.63) is 34.9 Å². The summed E-state index contributed by atoms with van der Waals surface area (Å²) in [6.07, 6.45) is 0.723. The lowest BCUT2D eigenvalue weighted by atomic mass is 10.1. The van der Waals surface area contributed by atoms with Crippen LogP contribution in [-0.2, 0) is 20.3 Å². The highest BCUT2D eigenvalue weighted by Crippen LogP contribution is 2.20. The fourth-order valence-corrected chi connectivity index (χ4v) is 4.39. The smallest absolute Gasteiger partial charge is 0.161 e. The standard InChI is InChI=1S/C13H18ClNO3S/c1-15-12-6-7-18-8-13(12)19(16,17)9-10-2-4-11(14)5-3-10/h2-5,12-13,15H,6-9H2,1H3. The van der Waals surface area contributed by atoms with Gasteiger partial charge in [0, 0.05) is 17.7 Å². The second-order valence-electron chi connectivity index (χ2n) is 4.73. The summed E-state index contributed by atoms with van der Waals surface area (Å²) in [5.74, 6) is 0.0242. The summed E-state index contributed by atoms with van der Waals surface area (Å²) in [6, 6.07) is 6.88. The van der Waals surface area contributed by atoms with Crippen LogP contribution in [0, 0.1) is 0 Å². The predicted octanol–water partition coefficient (Wildman–Crippen LogP) is 1.63. The molecule has 106 valence electrons. The maximum absolute atomic E-state index is 12.5. The van der Waals surface area contributed by atoms with Gasteiger partial charge in [-0.1, -0.05) is 23.7 Å². The molecule has 1 aromatic rings. The van der Waals surface area contributed by atoms with Gasteiger partial charge in [-0.3, -0.25) is 0 Å². The second kappa shape index (κ2) is 6.22. The molecule has 1 aromatic carbocycles. The van der Waals surface area contributed by atoms with E-state index in [0.717, 1.165) is 12.0 Å². The van der Waals surface area contributed by atoms with E-state index in [0.29, 0.717) is 11.6 Å². The molecule has 0 bridgehead atoms. The van der Waals surface area contributed by atoms with E-state index in [1.807, 2.05) is 0 Å². The highest BCUT2D eigenvalue weighted by atomic mass is 35.5. The van der Waals surface area contributed by atoms with Crippen molar-refractivity contribution < 1.29 is 13.2 Å². The zero-order chi connectivity index (χ0) is 13.9. The molecule has 1 fully saturated rings. The Balaban J connectivity index is 2.14. The average Bonchev–Trinajstić information content (AvgIpc) is 2.41. The molecule has 2 rings (SSSR count). The molecule has 0 saturated carbocycles. The first kappa shape index (κ1) is 14.8. The van der Waals surface area contributed by atoms with Crippen molar-refractivity contribution in [1.29, 1.82) is 0 Å². The van der Waals surface area contributed by atoms with E-state index < -0.39 is 15.1 Å². The van der Waals surface area contributed by atoms with E-state index in [1.54, 1.807) is 31.3 Å². The van der Waals surface area contributed by atoms with Crippen LogP contribution in [0.5, 0.6) is 0 Å². The summed E-state index contributed by atoms with van der Waals surface area (Å²) in [4.78, 5) is 0. The maximum atomic E-state index is 12.5. The minimum absolute atomic E-state index is 0.0242. The van der Waals surface area contributed by atoms with E-state index in [4.69, 9.17) is 16.3 Å². The van der Waals surface area contributed by atoms with Gasteiger partial charge < -0.3 is 10.1 Å². The van der Waals surface area contributed by atoms with Crippen molar-refractivity contribution in [1.82, 2.24) is 5.32 Å². The van der Waals surface area contributed by atoms with E-state index in [-0.39, 0.29) is 18.4 Å². The molecule has 1 saturated heterocycles. The number of rotatable bonds is 4. The molecule has 2 unspecified atom stereocenters. The van der Waals surface area contributed by atoms with Crippen molar-refractivity contribution in [2.24, 2.45) is 0 Å². The van der Waals surface area contributed by atoms with Crippen LogP contribution in [0.4, 0.5) is 0 Å². The summed E-state index contributed by atoms with van der Waals surface area (Å²) >= 11 is 5.80. The van der Waals surface area contributed by atoms with Gasteiger partial charge in [0.1, 0.15) is 5.25 Å². The van der Waals surface area contributed by atoms with Crippen LogP contribution in [-0.4, -0.2) is 40.0 Å². The average molecular weight is 304 g/mol. The summed E-state index contributed by atoms with van der Waals surface area (Å²) < 4.78 is 30.2. The van der Waals surface area contributed by atoms with Crippen LogP contribution in [0.2, 0.25) is 5.02 Å². The molecule has 0 amide bonds. The molecule has 1 N–H and O–H groups in total. The van der Waals surface area contributed by atoms with Crippen molar-refractivity contribution in [2.45, 2.75) is 23.5 Å². The van der Waals surface area contributed by atoms with Gasteiger partial charge in [0.2, 0.25) is 0 Å². The molecule has 0 radical (unpaired) electrons. The van der Waals surface area contributed by atoms with Crippen molar-refractivity contribution in [2.75, 3.05) is 20.3 Å². The molecule has 2 atom stereocenters. The normalized spacial score (nSPS) is 24.3. The number of halogens is 1. The van der Waals surface area contributed by atoms with Gasteiger partial charge in [-0.05, 0) is 31.2 Å². The molecule has 1 aliphatic heterocycles. The monoisotopic (exact) mass is 303 g/mol. The van der Waals surface area contributed by atoms with Crippen LogP contribution < -0.4 is 5.32 Å². The number of ether oxygens (including phenoxy) is 1. The lowest BCUT2D eigenvalue weighted by Gasteiger charge is -2.30. The third-order valence-corrected chi connectivity index (χ3v) is 5.79. The van der Waals surface area contributed by atoms with E-state index >= 15 is 0 Å². The minimum atomic E-state index is -3.24. The van der Waals surface area contributed by atoms with Crippen molar-refractivity contribution >= 4 is 21.4 Å². The molecule has 4 nitrogen and oxygen atoms in total. The summed E-state index contributed by atoms with van der Waals surface area (Å²) in [6.45, 7) is 0.875. The Labute approximate surface area is 119 Å². The van der Waals surface area contributed by atoms with Gasteiger partial charge in [0.05, 0.1) is 12.4 Å². The van der Waals surface area contributed by atoms with E-state index in [2.05, 4.69) is 5.32 Å². The Kier molecular flexibility index (Phi) is 4.84. The third kappa shape index (κ3) is 3.69. The van der Waals surface area contributed by atoms with E-state index in [9.17, 15) is 8.42 Å². The number of sulfone groups is 1. The van der Waals surface area contributed by atoms with Gasteiger partial charge in [0.15, 0.2) is 9.84 Å². The highest BCUT2D eigenvalue weighted by molar-refractivity contribution is 7.91. The zero-order valence-corrected chi connectivity index (χ0v) is 12.4. The molecule has 6 heteroatoms. The molecule has 19 heavy (non-hydrogen) atoms. The largest absolute Gasteiger partial charge is 0.380 e. The zero-order valence-electron chi connectivity index (χ0n) is 10.8. The van der Waals surface area contributed by atoms with Crippen molar-refractivity contribution in [3.8, 4) is 0 Å². The van der Waals surface area contributed by atoms with Gasteiger partial charge >= 0.3 is 0 Å². The first-order valence-corrected chi connectivity index (χ1v) is 8.33. The lowest BCUT2D eigenvalue weighted by Crippen LogP contribution is -2.49. The van der Waals surface area contributed by atoms with Gasteiger partial charge in [-0.25, -0.2) is 8.42 Å². The van der Waals surface area contributed by atoms with Crippen LogP contribution in [0.1, 0.15) is 12.0 Å². The number of nitrogens with one attached hydrogen (secondary N) is 1. The molecular weight excluding hydrogens is 286 g/mol. The van der Waals surface area contributed by atoms with Gasteiger partial charge in [0.25, 0.3) is 0 Å². The Morgan fingerprint density at radius 1 is 1.37 bits per heavy atom. The summed E-state index contributed by atoms with van der Waals surface area (Å²) in [5.41, 5.74) is 0.754. The number of hydrogen-bond acceptors (Lipinski definition) is 4. The Hall–Kier alpha value is -0.620. The first-order chi connectivity index (χ1) is 9.03. The maximum Gasteiger partial charge on any atom is 0.161 e. The fraction of sp³-hybridized carbons (Fsp3) is 0.538. The van der Waals surface area contributed by atoms with Crippen LogP contribution in [0.25, 0.3) is 0 Å². The second-order valence-corrected chi connectivity index (χ2v) is 7.39. The molecule has 1 aliphatic rings. The third-order valence-electron chi connectivity index (χ3n) is 3.42. The Morgan fingerprint density at radius 2 is 2.05 bits per heavy atom. The Bertz CT molecular complexity index is 515. The van der Waals surface area contributed by atoms with Crippen LogP contribution in [0.15, 0.2) is 24.3 Å². The number of hydrogen-bond donors (Lipinski definition) is 1.